The van der Waals surface area contributed by atoms with Crippen LogP contribution in [0.4, 0.5) is 0 Å². The topological polar surface area (TPSA) is 87.1 Å². The molecule has 0 bridgehead atoms. The summed E-state index contributed by atoms with van der Waals surface area (Å²) in [7, 11) is 0. The highest BCUT2D eigenvalue weighted by atomic mass is 16.5. The number of furan rings is 1. The number of carbonyl (C=O) groups is 1. The van der Waals surface area contributed by atoms with Crippen LogP contribution in [0.25, 0.3) is 0 Å². The Morgan fingerprint density at radius 1 is 1.29 bits per heavy atom. The van der Waals surface area contributed by atoms with Gasteiger partial charge >= 0.3 is 0 Å². The maximum absolute atomic E-state index is 12.4. The minimum atomic E-state index is -0.0568. The average Bonchev–Trinajstić information content (AvgIpc) is 3.34. The molecule has 1 saturated heterocycles. The molecule has 28 heavy (non-hydrogen) atoms. The summed E-state index contributed by atoms with van der Waals surface area (Å²) < 4.78 is 10.5. The Kier molecular flexibility index (Phi) is 6.38. The summed E-state index contributed by atoms with van der Waals surface area (Å²) in [6.07, 6.45) is 1.53. The zero-order chi connectivity index (χ0) is 20.1. The van der Waals surface area contributed by atoms with Gasteiger partial charge in [0.2, 0.25) is 0 Å². The van der Waals surface area contributed by atoms with Gasteiger partial charge in [0.25, 0.3) is 5.91 Å². The molecule has 0 aliphatic carbocycles. The Labute approximate surface area is 165 Å². The van der Waals surface area contributed by atoms with Crippen LogP contribution < -0.4 is 5.32 Å². The molecule has 2 aromatic rings. The fourth-order valence-electron chi connectivity index (χ4n) is 3.61. The van der Waals surface area contributed by atoms with E-state index in [4.69, 9.17) is 13.9 Å². The van der Waals surface area contributed by atoms with Gasteiger partial charge in [0.1, 0.15) is 5.76 Å². The highest BCUT2D eigenvalue weighted by Crippen LogP contribution is 2.23. The molecular formula is C20H29N5O3. The van der Waals surface area contributed by atoms with E-state index in [2.05, 4.69) is 29.2 Å². The van der Waals surface area contributed by atoms with Gasteiger partial charge in [0.05, 0.1) is 12.0 Å². The molecule has 2 aromatic heterocycles. The van der Waals surface area contributed by atoms with E-state index in [1.807, 2.05) is 18.7 Å². The van der Waals surface area contributed by atoms with Gasteiger partial charge in [-0.2, -0.15) is 0 Å². The minimum Gasteiger partial charge on any atom is -0.459 e. The molecule has 1 fully saturated rings. The van der Waals surface area contributed by atoms with Crippen LogP contribution in [0.5, 0.6) is 0 Å². The summed E-state index contributed by atoms with van der Waals surface area (Å²) in [5.74, 6) is 2.30. The number of hydrogen-bond donors (Lipinski definition) is 1. The summed E-state index contributed by atoms with van der Waals surface area (Å²) in [6, 6.07) is 3.44. The molecule has 3 heterocycles. The van der Waals surface area contributed by atoms with Gasteiger partial charge in [-0.05, 0) is 32.9 Å². The van der Waals surface area contributed by atoms with Crippen molar-refractivity contribution < 1.29 is 13.7 Å². The van der Waals surface area contributed by atoms with Gasteiger partial charge in [-0.15, -0.1) is 0 Å². The second kappa shape index (κ2) is 8.95. The molecule has 8 nitrogen and oxygen atoms in total. The quantitative estimate of drug-likeness (QED) is 0.626. The Balaban J connectivity index is 1.61. The highest BCUT2D eigenvalue weighted by Gasteiger charge is 2.25. The van der Waals surface area contributed by atoms with Crippen molar-refractivity contribution in [3.05, 3.63) is 41.2 Å². The third kappa shape index (κ3) is 4.37. The van der Waals surface area contributed by atoms with Crippen LogP contribution in [-0.4, -0.2) is 66.1 Å². The molecule has 1 unspecified atom stereocenters. The van der Waals surface area contributed by atoms with Gasteiger partial charge in [-0.25, -0.2) is 0 Å². The molecule has 0 saturated carbocycles. The van der Waals surface area contributed by atoms with Crippen LogP contribution in [0.3, 0.4) is 0 Å². The molecule has 1 aliphatic rings. The molecule has 3 rings (SSSR count). The maximum Gasteiger partial charge on any atom is 0.289 e. The van der Waals surface area contributed by atoms with E-state index in [-0.39, 0.29) is 11.8 Å². The second-order valence-corrected chi connectivity index (χ2v) is 7.09. The first-order chi connectivity index (χ1) is 13.5. The zero-order valence-electron chi connectivity index (χ0n) is 17.1. The molecule has 1 amide bonds. The molecule has 8 heteroatoms. The number of amides is 1. The fourth-order valence-corrected chi connectivity index (χ4v) is 3.61. The Morgan fingerprint density at radius 3 is 2.57 bits per heavy atom. The number of aryl methyl sites for hydroxylation is 2. The van der Waals surface area contributed by atoms with Crippen LogP contribution in [-0.2, 0) is 0 Å². The first-order valence-corrected chi connectivity index (χ1v) is 9.80. The molecule has 0 spiro atoms. The van der Waals surface area contributed by atoms with Crippen molar-refractivity contribution in [3.8, 4) is 0 Å². The number of hydrogen-bond acceptors (Lipinski definition) is 5. The lowest BCUT2D eigenvalue weighted by molar-refractivity contribution is 0.0657. The molecule has 1 N–H and O–H groups in total. The van der Waals surface area contributed by atoms with E-state index in [0.717, 1.165) is 42.6 Å². The normalized spacial score (nSPS) is 16.4. The van der Waals surface area contributed by atoms with Crippen molar-refractivity contribution in [2.75, 3.05) is 39.3 Å². The number of aromatic nitrogens is 1. The van der Waals surface area contributed by atoms with Gasteiger partial charge in [-0.1, -0.05) is 12.1 Å². The lowest BCUT2D eigenvalue weighted by Gasteiger charge is -2.36. The van der Waals surface area contributed by atoms with Crippen LogP contribution >= 0.6 is 0 Å². The van der Waals surface area contributed by atoms with Crippen LogP contribution in [0, 0.1) is 13.8 Å². The van der Waals surface area contributed by atoms with Crippen molar-refractivity contribution in [3.63, 3.8) is 0 Å². The molecule has 1 aliphatic heterocycles. The SMILES string of the molecule is CCNC(=NCC(C)c1c(C)noc1C)N1CCN(C(=O)c2ccco2)CC1. The Morgan fingerprint density at radius 2 is 2.00 bits per heavy atom. The summed E-state index contributed by atoms with van der Waals surface area (Å²) >= 11 is 0. The van der Waals surface area contributed by atoms with Crippen molar-refractivity contribution >= 4 is 11.9 Å². The number of carbonyl (C=O) groups excluding carboxylic acids is 1. The Bertz CT molecular complexity index is 784. The van der Waals surface area contributed by atoms with Gasteiger partial charge < -0.3 is 24.1 Å². The van der Waals surface area contributed by atoms with Crippen molar-refractivity contribution in [1.29, 1.82) is 0 Å². The number of nitrogens with zero attached hydrogens (tertiary/aromatic N) is 4. The van der Waals surface area contributed by atoms with E-state index < -0.39 is 0 Å². The van der Waals surface area contributed by atoms with Crippen LogP contribution in [0.15, 0.2) is 32.3 Å². The summed E-state index contributed by atoms with van der Waals surface area (Å²) in [5, 5.41) is 7.41. The van der Waals surface area contributed by atoms with Crippen LogP contribution in [0.2, 0.25) is 0 Å². The predicted octanol–water partition coefficient (Wildman–Crippen LogP) is 2.41. The van der Waals surface area contributed by atoms with Gasteiger partial charge in [-0.3, -0.25) is 9.79 Å². The Hall–Kier alpha value is -2.77. The molecule has 0 aromatic carbocycles. The number of guanidine groups is 1. The standard InChI is InChI=1S/C20H29N5O3/c1-5-21-20(22-13-14(2)18-15(3)23-28-16(18)4)25-10-8-24(9-11-25)19(26)17-7-6-12-27-17/h6-7,12,14H,5,8-11,13H2,1-4H3,(H,21,22). The fraction of sp³-hybridized carbons (Fsp3) is 0.550. The number of rotatable bonds is 5. The summed E-state index contributed by atoms with van der Waals surface area (Å²) in [6.45, 7) is 12.3. The van der Waals surface area contributed by atoms with Crippen LogP contribution in [0.1, 0.15) is 47.3 Å². The first-order valence-electron chi connectivity index (χ1n) is 9.80. The lowest BCUT2D eigenvalue weighted by atomic mass is 10.00. The van der Waals surface area contributed by atoms with E-state index in [1.165, 1.54) is 6.26 Å². The summed E-state index contributed by atoms with van der Waals surface area (Å²) in [4.78, 5) is 21.3. The van der Waals surface area contributed by atoms with E-state index in [1.54, 1.807) is 12.1 Å². The first kappa shape index (κ1) is 20.0. The number of nitrogens with one attached hydrogen (secondary N) is 1. The average molecular weight is 387 g/mol. The zero-order valence-corrected chi connectivity index (χ0v) is 17.1. The van der Waals surface area contributed by atoms with Crippen molar-refractivity contribution in [2.24, 2.45) is 4.99 Å². The highest BCUT2D eigenvalue weighted by molar-refractivity contribution is 5.91. The van der Waals surface area contributed by atoms with E-state index in [9.17, 15) is 4.79 Å². The number of aliphatic imine (C=N–C) groups is 1. The largest absolute Gasteiger partial charge is 0.459 e. The maximum atomic E-state index is 12.4. The molecule has 152 valence electrons. The molecule has 0 radical (unpaired) electrons. The smallest absolute Gasteiger partial charge is 0.289 e. The third-order valence-electron chi connectivity index (χ3n) is 5.03. The van der Waals surface area contributed by atoms with Gasteiger partial charge in [0, 0.05) is 50.7 Å². The second-order valence-electron chi connectivity index (χ2n) is 7.09. The molecule has 1 atom stereocenters. The molecular weight excluding hydrogens is 358 g/mol. The van der Waals surface area contributed by atoms with E-state index >= 15 is 0 Å². The number of piperazine rings is 1. The lowest BCUT2D eigenvalue weighted by Crippen LogP contribution is -2.53. The minimum absolute atomic E-state index is 0.0568. The third-order valence-corrected chi connectivity index (χ3v) is 5.03. The van der Waals surface area contributed by atoms with Crippen molar-refractivity contribution in [2.45, 2.75) is 33.6 Å². The monoisotopic (exact) mass is 387 g/mol. The predicted molar refractivity (Wildman–Crippen MR) is 107 cm³/mol. The van der Waals surface area contributed by atoms with Crippen molar-refractivity contribution in [1.82, 2.24) is 20.3 Å². The summed E-state index contributed by atoms with van der Waals surface area (Å²) in [5.41, 5.74) is 2.06. The van der Waals surface area contributed by atoms with Gasteiger partial charge in [0.15, 0.2) is 11.7 Å². The van der Waals surface area contributed by atoms with E-state index in [0.29, 0.717) is 25.4 Å².